The summed E-state index contributed by atoms with van der Waals surface area (Å²) in [6.45, 7) is 3.25. The molecule has 4 N–H and O–H groups in total. The van der Waals surface area contributed by atoms with Crippen molar-refractivity contribution in [2.45, 2.75) is 61.6 Å². The van der Waals surface area contributed by atoms with Crippen molar-refractivity contribution in [1.82, 2.24) is 14.8 Å². The Morgan fingerprint density at radius 3 is 2.29 bits per heavy atom. The number of H-pyrrole nitrogens is 1. The first-order valence-corrected chi connectivity index (χ1v) is 18.4. The molecule has 0 unspecified atom stereocenters. The lowest BCUT2D eigenvalue weighted by Crippen LogP contribution is -2.40. The number of carbonyl (C=O) groups excluding carboxylic acids is 3. The van der Waals surface area contributed by atoms with Crippen LogP contribution in [-0.4, -0.2) is 84.3 Å². The van der Waals surface area contributed by atoms with Gasteiger partial charge >= 0.3 is 18.2 Å². The van der Waals surface area contributed by atoms with Gasteiger partial charge in [0.05, 0.1) is 23.3 Å². The van der Waals surface area contributed by atoms with Crippen molar-refractivity contribution in [3.05, 3.63) is 99.5 Å². The number of rotatable bonds is 4. The molecule has 0 spiro atoms. The van der Waals surface area contributed by atoms with E-state index < -0.39 is 51.3 Å². The van der Waals surface area contributed by atoms with Gasteiger partial charge in [-0.1, -0.05) is 24.3 Å². The maximum atomic E-state index is 14.4. The summed E-state index contributed by atoms with van der Waals surface area (Å²) < 4.78 is 63.7. The molecular weight excluding hydrogens is 747 g/mol. The van der Waals surface area contributed by atoms with E-state index in [4.69, 9.17) is 14.6 Å². The number of nitrogens with one attached hydrogen (secondary N) is 3. The third-order valence-electron chi connectivity index (χ3n) is 9.24. The van der Waals surface area contributed by atoms with Crippen molar-refractivity contribution in [2.24, 2.45) is 0 Å². The van der Waals surface area contributed by atoms with Crippen molar-refractivity contribution in [2.75, 3.05) is 31.3 Å². The lowest BCUT2D eigenvalue weighted by Gasteiger charge is -2.30. The van der Waals surface area contributed by atoms with Crippen LogP contribution in [0.1, 0.15) is 54.1 Å². The third kappa shape index (κ3) is 9.08. The number of aliphatic carboxylic acids is 1. The summed E-state index contributed by atoms with van der Waals surface area (Å²) in [6.07, 6.45) is -3.08. The Morgan fingerprint density at radius 1 is 0.982 bits per heavy atom. The van der Waals surface area contributed by atoms with Crippen LogP contribution in [0.2, 0.25) is 0 Å². The first-order chi connectivity index (χ1) is 25.8. The zero-order valence-electron chi connectivity index (χ0n) is 30.1. The molecule has 1 fully saturated rings. The lowest BCUT2D eigenvalue weighted by molar-refractivity contribution is -0.192. The van der Waals surface area contributed by atoms with E-state index in [1.165, 1.54) is 29.0 Å². The van der Waals surface area contributed by atoms with E-state index in [2.05, 4.69) is 15.6 Å². The number of likely N-dealkylation sites (N-methyl/N-ethyl adjacent to an activating group) is 1. The number of benzene rings is 3. The van der Waals surface area contributed by atoms with Gasteiger partial charge in [0.2, 0.25) is 11.8 Å². The van der Waals surface area contributed by atoms with Crippen molar-refractivity contribution < 1.29 is 50.6 Å². The molecule has 2 atom stereocenters. The largest absolute Gasteiger partial charge is 0.490 e. The number of nitrogens with zero attached hydrogens (tertiary/aromatic N) is 2. The smallest absolute Gasteiger partial charge is 0.475 e. The average Bonchev–Trinajstić information content (AvgIpc) is 3.99. The number of sulfone groups is 1. The normalized spacial score (nSPS) is 17.9. The van der Waals surface area contributed by atoms with Crippen LogP contribution < -0.4 is 16.2 Å². The standard InChI is InChI=1S/C35H37N5O7S.C2HF3O2/c1-20-15-23-6-11-28(20)21(2)40(35(44)47-4)19-31(41)37-25-8-12-30(48(45,46)27-9-10-27)24(16-25)18-39(3)34(43)32(23)38-26-7-5-22-13-14-36-33(42)29(22)17-26;3-2(4,5)1(6)7/h5-8,11-17,21,27,32,38H,9-10,18-19H2,1-4H3,(H,36,42)(H,37,41);(H,6,7)/t21-,32-;/m1./s1. The number of aryl methyl sites for hydroxylation is 1. The molecule has 2 aliphatic heterocycles. The van der Waals surface area contributed by atoms with E-state index in [1.54, 1.807) is 56.6 Å². The van der Waals surface area contributed by atoms with Crippen LogP contribution in [0.5, 0.6) is 0 Å². The number of fused-ring (bicyclic) bond motifs is 10. The summed E-state index contributed by atoms with van der Waals surface area (Å²) in [4.78, 5) is 67.6. The van der Waals surface area contributed by atoms with Gasteiger partial charge < -0.3 is 30.4 Å². The average molecular weight is 786 g/mol. The zero-order valence-corrected chi connectivity index (χ0v) is 30.9. The summed E-state index contributed by atoms with van der Waals surface area (Å²) >= 11 is 0. The molecule has 1 aliphatic carbocycles. The van der Waals surface area contributed by atoms with Crippen molar-refractivity contribution in [3.8, 4) is 0 Å². The summed E-state index contributed by atoms with van der Waals surface area (Å²) in [6, 6.07) is 15.5. The predicted octanol–water partition coefficient (Wildman–Crippen LogP) is 5.30. The van der Waals surface area contributed by atoms with Crippen LogP contribution in [0.4, 0.5) is 29.3 Å². The number of halogens is 3. The van der Waals surface area contributed by atoms with E-state index in [9.17, 15) is 40.8 Å². The molecule has 3 aromatic carbocycles. The molecule has 14 nitrogen and oxygen atoms in total. The van der Waals surface area contributed by atoms with E-state index >= 15 is 0 Å². The number of aromatic amines is 1. The van der Waals surface area contributed by atoms with Crippen LogP contribution in [0, 0.1) is 6.92 Å². The molecule has 3 heterocycles. The Hall–Kier alpha value is -5.91. The number of hydrogen-bond donors (Lipinski definition) is 4. The molecule has 0 radical (unpaired) electrons. The van der Waals surface area contributed by atoms with Crippen LogP contribution in [0.25, 0.3) is 10.8 Å². The van der Waals surface area contributed by atoms with Gasteiger partial charge in [-0.2, -0.15) is 13.2 Å². The third-order valence-corrected chi connectivity index (χ3v) is 11.6. The fraction of sp³-hybridized carbons (Fsp3) is 0.324. The van der Waals surface area contributed by atoms with Gasteiger partial charge in [-0.05, 0) is 90.7 Å². The Balaban J connectivity index is 0.000000757. The number of hydrogen-bond acceptors (Lipinski definition) is 9. The van der Waals surface area contributed by atoms with Gasteiger partial charge in [0.1, 0.15) is 12.6 Å². The number of alkyl halides is 3. The minimum Gasteiger partial charge on any atom is -0.475 e. The van der Waals surface area contributed by atoms with E-state index in [0.717, 1.165) is 16.5 Å². The molecule has 3 aliphatic rings. The molecule has 4 bridgehead atoms. The van der Waals surface area contributed by atoms with Gasteiger partial charge in [-0.3, -0.25) is 19.3 Å². The molecule has 55 heavy (non-hydrogen) atoms. The topological polar surface area (TPSA) is 195 Å². The molecule has 1 aromatic heterocycles. The van der Waals surface area contributed by atoms with Crippen molar-refractivity contribution in [3.63, 3.8) is 0 Å². The Morgan fingerprint density at radius 2 is 1.67 bits per heavy atom. The number of carboxylic acid groups (broad SMARTS) is 1. The van der Waals surface area contributed by atoms with Crippen LogP contribution in [0.3, 0.4) is 0 Å². The summed E-state index contributed by atoms with van der Waals surface area (Å²) in [5.74, 6) is -3.61. The quantitative estimate of drug-likeness (QED) is 0.211. The van der Waals surface area contributed by atoms with E-state index in [1.807, 2.05) is 19.1 Å². The number of carboxylic acids is 1. The highest BCUT2D eigenvalue weighted by Crippen LogP contribution is 2.37. The van der Waals surface area contributed by atoms with Crippen LogP contribution in [-0.2, 0) is 35.5 Å². The number of aromatic nitrogens is 1. The minimum atomic E-state index is -5.08. The molecular formula is C37H38F3N5O9S. The summed E-state index contributed by atoms with van der Waals surface area (Å²) in [5, 5.41) is 13.9. The molecule has 7 rings (SSSR count). The van der Waals surface area contributed by atoms with Gasteiger partial charge in [0, 0.05) is 36.6 Å². The SMILES string of the molecule is COC(=O)N1CC(=O)Nc2ccc(S(=O)(=O)C3CC3)c(c2)CN(C)C(=O)[C@H](Nc2ccc3cc[nH]c(=O)c3c2)c2ccc(c(C)c2)[C@H]1C.O=C(O)C(F)(F)F. The second-order valence-corrected chi connectivity index (χ2v) is 15.4. The second-order valence-electron chi connectivity index (χ2n) is 13.2. The molecule has 1 saturated carbocycles. The minimum absolute atomic E-state index is 0.0677. The molecule has 18 heteroatoms. The fourth-order valence-electron chi connectivity index (χ4n) is 6.24. The number of pyridine rings is 1. The van der Waals surface area contributed by atoms with Crippen LogP contribution >= 0.6 is 0 Å². The molecule has 4 aromatic rings. The summed E-state index contributed by atoms with van der Waals surface area (Å²) in [5.41, 5.74) is 3.07. The number of anilines is 2. The fourth-order valence-corrected chi connectivity index (χ4v) is 8.11. The lowest BCUT2D eigenvalue weighted by atomic mass is 9.95. The Labute approximate surface area is 313 Å². The predicted molar refractivity (Wildman–Crippen MR) is 195 cm³/mol. The molecule has 0 saturated heterocycles. The molecule has 3 amide bonds. The summed E-state index contributed by atoms with van der Waals surface area (Å²) in [7, 11) is -0.825. The van der Waals surface area contributed by atoms with Gasteiger partial charge in [0.15, 0.2) is 9.84 Å². The number of ether oxygens (including phenoxy) is 1. The monoisotopic (exact) mass is 785 g/mol. The number of carbonyl (C=O) groups is 4. The van der Waals surface area contributed by atoms with Crippen molar-refractivity contribution in [1.29, 1.82) is 0 Å². The first kappa shape index (κ1) is 40.3. The van der Waals surface area contributed by atoms with E-state index in [-0.39, 0.29) is 29.5 Å². The highest BCUT2D eigenvalue weighted by molar-refractivity contribution is 7.92. The first-order valence-electron chi connectivity index (χ1n) is 16.9. The van der Waals surface area contributed by atoms with Gasteiger partial charge in [0.25, 0.3) is 5.56 Å². The molecule has 292 valence electrons. The zero-order chi connectivity index (χ0) is 40.4. The van der Waals surface area contributed by atoms with Crippen molar-refractivity contribution >= 4 is 55.9 Å². The second kappa shape index (κ2) is 15.8. The maximum absolute atomic E-state index is 14.4. The number of methoxy groups -OCH3 is 1. The maximum Gasteiger partial charge on any atom is 0.490 e. The van der Waals surface area contributed by atoms with Gasteiger partial charge in [-0.25, -0.2) is 18.0 Å². The number of amides is 3. The highest BCUT2D eigenvalue weighted by Gasteiger charge is 2.39. The Kier molecular flexibility index (Phi) is 11.6. The van der Waals surface area contributed by atoms with E-state index in [0.29, 0.717) is 40.7 Å². The van der Waals surface area contributed by atoms with Crippen LogP contribution in [0.15, 0.2) is 76.6 Å². The van der Waals surface area contributed by atoms with Gasteiger partial charge in [-0.15, -0.1) is 0 Å². The highest BCUT2D eigenvalue weighted by atomic mass is 32.2. The Bertz CT molecular complexity index is 2330.